The summed E-state index contributed by atoms with van der Waals surface area (Å²) in [5.41, 5.74) is 0.560. The first kappa shape index (κ1) is 23.8. The van der Waals surface area contributed by atoms with E-state index in [4.69, 9.17) is 9.47 Å². The fourth-order valence-corrected chi connectivity index (χ4v) is 5.00. The van der Waals surface area contributed by atoms with Crippen LogP contribution in [0.3, 0.4) is 0 Å². The van der Waals surface area contributed by atoms with E-state index < -0.39 is 17.3 Å². The highest BCUT2D eigenvalue weighted by molar-refractivity contribution is 6.10. The van der Waals surface area contributed by atoms with Crippen LogP contribution >= 0.6 is 0 Å². The summed E-state index contributed by atoms with van der Waals surface area (Å²) >= 11 is 0. The normalized spacial score (nSPS) is 18.3. The zero-order chi connectivity index (χ0) is 25.6. The molecule has 2 aliphatic rings. The van der Waals surface area contributed by atoms with Crippen molar-refractivity contribution in [3.05, 3.63) is 51.3 Å². The maximum Gasteiger partial charge on any atom is 0.280 e. The van der Waals surface area contributed by atoms with Crippen molar-refractivity contribution in [3.63, 3.8) is 0 Å². The number of methoxy groups -OCH3 is 1. The number of nitrogens with zero attached hydrogens (tertiary/aromatic N) is 4. The number of ether oxygens (including phenoxy) is 2. The first-order valence-electron chi connectivity index (χ1n) is 12.1. The van der Waals surface area contributed by atoms with E-state index in [1.807, 2.05) is 13.8 Å². The van der Waals surface area contributed by atoms with E-state index in [2.05, 4.69) is 10.4 Å². The Balaban J connectivity index is 1.82. The van der Waals surface area contributed by atoms with Gasteiger partial charge in [-0.3, -0.25) is 14.4 Å². The summed E-state index contributed by atoms with van der Waals surface area (Å²) in [5.74, 6) is -0.746. The molecular weight excluding hydrogens is 469 g/mol. The van der Waals surface area contributed by atoms with E-state index in [0.29, 0.717) is 50.4 Å². The number of carbonyl (C=O) groups is 2. The molecule has 1 atom stereocenters. The Hall–Kier alpha value is -3.89. The average molecular weight is 498 g/mol. The third-order valence-corrected chi connectivity index (χ3v) is 6.73. The van der Waals surface area contributed by atoms with Crippen molar-refractivity contribution in [3.8, 4) is 11.5 Å². The molecule has 2 aliphatic heterocycles. The van der Waals surface area contributed by atoms with Gasteiger partial charge in [0.25, 0.3) is 17.4 Å². The second-order valence-electron chi connectivity index (χ2n) is 9.04. The van der Waals surface area contributed by atoms with Gasteiger partial charge < -0.3 is 24.3 Å². The molecule has 3 aromatic rings. The first-order chi connectivity index (χ1) is 17.3. The van der Waals surface area contributed by atoms with Crippen molar-refractivity contribution < 1.29 is 23.5 Å². The Morgan fingerprint density at radius 2 is 2.06 bits per heavy atom. The fraction of sp³-hybridized carbons (Fsp3) is 0.440. The minimum atomic E-state index is -0.520. The smallest absolute Gasteiger partial charge is 0.280 e. The molecule has 1 aromatic carbocycles. The number of rotatable bonds is 2. The number of halogens is 1. The second kappa shape index (κ2) is 9.29. The van der Waals surface area contributed by atoms with E-state index in [1.54, 1.807) is 9.47 Å². The van der Waals surface area contributed by atoms with Crippen LogP contribution in [0.15, 0.2) is 23.0 Å². The van der Waals surface area contributed by atoms with Crippen molar-refractivity contribution in [2.75, 3.05) is 33.4 Å². The molecule has 0 radical (unpaired) electrons. The fourth-order valence-electron chi connectivity index (χ4n) is 5.00. The van der Waals surface area contributed by atoms with Crippen LogP contribution in [-0.2, 0) is 6.54 Å². The molecule has 0 aliphatic carbocycles. The van der Waals surface area contributed by atoms with Gasteiger partial charge in [0.15, 0.2) is 17.1 Å². The van der Waals surface area contributed by atoms with Gasteiger partial charge in [-0.15, -0.1) is 0 Å². The molecule has 1 unspecified atom stereocenters. The summed E-state index contributed by atoms with van der Waals surface area (Å²) in [6, 6.07) is 3.89. The lowest BCUT2D eigenvalue weighted by Gasteiger charge is -2.32. The largest absolute Gasteiger partial charge is 0.493 e. The number of carbonyl (C=O) groups excluding carboxylic acids is 2. The number of aromatic nitrogens is 3. The van der Waals surface area contributed by atoms with E-state index in [0.717, 1.165) is 4.68 Å². The number of fused-ring (bicyclic) bond motifs is 7. The first-order valence-corrected chi connectivity index (χ1v) is 12.1. The van der Waals surface area contributed by atoms with Crippen LogP contribution in [0.4, 0.5) is 4.39 Å². The Labute approximate surface area is 206 Å². The minimum Gasteiger partial charge on any atom is -0.493 e. The quantitative estimate of drug-likeness (QED) is 0.582. The molecule has 36 heavy (non-hydrogen) atoms. The van der Waals surface area contributed by atoms with Crippen LogP contribution < -0.4 is 20.3 Å². The van der Waals surface area contributed by atoms with E-state index in [-0.39, 0.29) is 46.5 Å². The summed E-state index contributed by atoms with van der Waals surface area (Å²) in [4.78, 5) is 42.2. The van der Waals surface area contributed by atoms with E-state index >= 15 is 0 Å². The molecule has 5 rings (SSSR count). The van der Waals surface area contributed by atoms with E-state index in [1.165, 1.54) is 25.3 Å². The van der Waals surface area contributed by atoms with Gasteiger partial charge in [-0.2, -0.15) is 5.10 Å². The molecule has 11 heteroatoms. The van der Waals surface area contributed by atoms with Gasteiger partial charge in [0.2, 0.25) is 0 Å². The van der Waals surface area contributed by atoms with Crippen molar-refractivity contribution in [1.82, 2.24) is 24.6 Å². The standard InChI is InChI=1S/C25H28FN5O5/c1-4-29-12-14(2)31-20-18(22(35-3)21(31)25(29)34)24(33)30-13-15-7-8-16(26)11-17(15)36-10-6-5-9-27-23(32)19(20)28-30/h7-8,11,14H,4-6,9-10,12-13H2,1-3H3,(H,27,32). The number of nitrogens with one attached hydrogen (secondary N) is 1. The van der Waals surface area contributed by atoms with Crippen LogP contribution in [0.25, 0.3) is 10.9 Å². The molecule has 2 aromatic heterocycles. The minimum absolute atomic E-state index is 0.0302. The van der Waals surface area contributed by atoms with Gasteiger partial charge in [0.05, 0.1) is 25.8 Å². The third kappa shape index (κ3) is 3.78. The highest BCUT2D eigenvalue weighted by Gasteiger charge is 2.38. The Bertz CT molecular complexity index is 1430. The number of benzene rings is 1. The molecule has 0 saturated carbocycles. The van der Waals surface area contributed by atoms with Crippen LogP contribution in [0.5, 0.6) is 11.5 Å². The van der Waals surface area contributed by atoms with Crippen LogP contribution in [0, 0.1) is 5.82 Å². The highest BCUT2D eigenvalue weighted by atomic mass is 19.1. The Kier molecular flexibility index (Phi) is 6.15. The van der Waals surface area contributed by atoms with Crippen LogP contribution in [-0.4, -0.2) is 64.4 Å². The van der Waals surface area contributed by atoms with Crippen LogP contribution in [0.1, 0.15) is 59.3 Å². The predicted molar refractivity (Wildman–Crippen MR) is 129 cm³/mol. The SMILES string of the molecule is CCN1CC(C)n2c(c(OC)c3c(=O)n4nc(c32)C(=O)NCCCCOc2cc(F)ccc2C4)C1=O. The molecule has 2 bridgehead atoms. The predicted octanol–water partition coefficient (Wildman–Crippen LogP) is 2.33. The van der Waals surface area contributed by atoms with Crippen molar-refractivity contribution in [2.45, 2.75) is 39.3 Å². The summed E-state index contributed by atoms with van der Waals surface area (Å²) in [6.45, 7) is 5.38. The van der Waals surface area contributed by atoms with E-state index in [9.17, 15) is 18.8 Å². The average Bonchev–Trinajstić information content (AvgIpc) is 3.22. The Morgan fingerprint density at radius 1 is 1.25 bits per heavy atom. The molecule has 1 N–H and O–H groups in total. The number of amides is 2. The maximum atomic E-state index is 14.0. The lowest BCUT2D eigenvalue weighted by Crippen LogP contribution is -2.42. The van der Waals surface area contributed by atoms with Crippen molar-refractivity contribution >= 4 is 22.7 Å². The molecule has 2 amide bonds. The topological polar surface area (TPSA) is 108 Å². The molecule has 10 nitrogen and oxygen atoms in total. The third-order valence-electron chi connectivity index (χ3n) is 6.73. The molecular formula is C25H28FN5O5. The summed E-state index contributed by atoms with van der Waals surface area (Å²) in [5, 5.41) is 7.45. The molecule has 0 saturated heterocycles. The van der Waals surface area contributed by atoms with Gasteiger partial charge in [0, 0.05) is 37.3 Å². The van der Waals surface area contributed by atoms with Crippen molar-refractivity contribution in [2.24, 2.45) is 0 Å². The van der Waals surface area contributed by atoms with Gasteiger partial charge in [-0.05, 0) is 32.8 Å². The lowest BCUT2D eigenvalue weighted by molar-refractivity contribution is 0.0685. The monoisotopic (exact) mass is 497 g/mol. The van der Waals surface area contributed by atoms with Gasteiger partial charge in [-0.25, -0.2) is 9.07 Å². The highest BCUT2D eigenvalue weighted by Crippen LogP contribution is 2.38. The number of hydrogen-bond acceptors (Lipinski definition) is 6. The zero-order valence-corrected chi connectivity index (χ0v) is 20.5. The number of likely N-dealkylation sites (N-methyl/N-ethyl adjacent to an activating group) is 1. The summed E-state index contributed by atoms with van der Waals surface area (Å²) in [6.07, 6.45) is 1.28. The lowest BCUT2D eigenvalue weighted by atomic mass is 10.2. The second-order valence-corrected chi connectivity index (χ2v) is 9.04. The summed E-state index contributed by atoms with van der Waals surface area (Å²) in [7, 11) is 1.40. The molecule has 4 heterocycles. The molecule has 190 valence electrons. The van der Waals surface area contributed by atoms with Crippen molar-refractivity contribution in [1.29, 1.82) is 0 Å². The van der Waals surface area contributed by atoms with Gasteiger partial charge in [-0.1, -0.05) is 6.07 Å². The molecule has 0 spiro atoms. The molecule has 0 fully saturated rings. The Morgan fingerprint density at radius 3 is 2.81 bits per heavy atom. The zero-order valence-electron chi connectivity index (χ0n) is 20.5. The van der Waals surface area contributed by atoms with Crippen LogP contribution in [0.2, 0.25) is 0 Å². The van der Waals surface area contributed by atoms with Gasteiger partial charge in [0.1, 0.15) is 17.0 Å². The number of hydrogen-bond donors (Lipinski definition) is 1. The maximum absolute atomic E-state index is 14.0. The summed E-state index contributed by atoms with van der Waals surface area (Å²) < 4.78 is 28.3. The van der Waals surface area contributed by atoms with Gasteiger partial charge >= 0.3 is 0 Å².